The van der Waals surface area contributed by atoms with Crippen LogP contribution in [0, 0.1) is 0 Å². The number of aliphatic hydroxyl groups is 1. The first-order chi connectivity index (χ1) is 9.65. The minimum Gasteiger partial charge on any atom is -0.389 e. The first-order valence-electron chi connectivity index (χ1n) is 7.19. The SMILES string of the molecule is CC(C)OCC(O)CN1CCN(c2ncccn2)CC1. The van der Waals surface area contributed by atoms with E-state index in [-0.39, 0.29) is 6.10 Å². The van der Waals surface area contributed by atoms with Crippen LogP contribution in [0.1, 0.15) is 13.8 Å². The van der Waals surface area contributed by atoms with Gasteiger partial charge >= 0.3 is 0 Å². The highest BCUT2D eigenvalue weighted by atomic mass is 16.5. The van der Waals surface area contributed by atoms with Crippen molar-refractivity contribution in [1.29, 1.82) is 0 Å². The molecule has 1 saturated heterocycles. The number of hydrogen-bond acceptors (Lipinski definition) is 6. The highest BCUT2D eigenvalue weighted by molar-refractivity contribution is 5.29. The van der Waals surface area contributed by atoms with Gasteiger partial charge in [-0.05, 0) is 19.9 Å². The molecule has 0 spiro atoms. The van der Waals surface area contributed by atoms with E-state index in [1.165, 1.54) is 0 Å². The van der Waals surface area contributed by atoms with Gasteiger partial charge in [0.2, 0.25) is 5.95 Å². The van der Waals surface area contributed by atoms with Crippen molar-refractivity contribution in [2.75, 3.05) is 44.2 Å². The number of anilines is 1. The van der Waals surface area contributed by atoms with Crippen LogP contribution in [0.5, 0.6) is 0 Å². The summed E-state index contributed by atoms with van der Waals surface area (Å²) in [6.45, 7) is 8.63. The van der Waals surface area contributed by atoms with Gasteiger partial charge in [0.05, 0.1) is 18.8 Å². The smallest absolute Gasteiger partial charge is 0.225 e. The molecule has 6 nitrogen and oxygen atoms in total. The van der Waals surface area contributed by atoms with Gasteiger partial charge in [-0.2, -0.15) is 0 Å². The molecule has 1 atom stereocenters. The van der Waals surface area contributed by atoms with Crippen molar-refractivity contribution in [2.24, 2.45) is 0 Å². The first-order valence-corrected chi connectivity index (χ1v) is 7.19. The Morgan fingerprint density at radius 3 is 2.45 bits per heavy atom. The van der Waals surface area contributed by atoms with Crippen molar-refractivity contribution in [1.82, 2.24) is 14.9 Å². The van der Waals surface area contributed by atoms with Crippen LogP contribution in [-0.4, -0.2) is 71.5 Å². The molecule has 0 amide bonds. The van der Waals surface area contributed by atoms with Gasteiger partial charge in [0.15, 0.2) is 0 Å². The van der Waals surface area contributed by atoms with E-state index in [0.29, 0.717) is 13.2 Å². The van der Waals surface area contributed by atoms with Crippen molar-refractivity contribution < 1.29 is 9.84 Å². The van der Waals surface area contributed by atoms with E-state index in [1.54, 1.807) is 12.4 Å². The van der Waals surface area contributed by atoms with Crippen molar-refractivity contribution >= 4 is 5.95 Å². The summed E-state index contributed by atoms with van der Waals surface area (Å²) in [7, 11) is 0. The lowest BCUT2D eigenvalue weighted by molar-refractivity contribution is -0.00902. The lowest BCUT2D eigenvalue weighted by Crippen LogP contribution is -2.49. The maximum atomic E-state index is 9.93. The second-order valence-electron chi connectivity index (χ2n) is 5.37. The summed E-state index contributed by atoms with van der Waals surface area (Å²) in [5.41, 5.74) is 0. The zero-order valence-electron chi connectivity index (χ0n) is 12.3. The predicted molar refractivity (Wildman–Crippen MR) is 77.8 cm³/mol. The van der Waals surface area contributed by atoms with Crippen LogP contribution in [0.4, 0.5) is 5.95 Å². The lowest BCUT2D eigenvalue weighted by atomic mass is 10.2. The Balaban J connectivity index is 1.71. The van der Waals surface area contributed by atoms with Crippen LogP contribution in [-0.2, 0) is 4.74 Å². The maximum Gasteiger partial charge on any atom is 0.225 e. The van der Waals surface area contributed by atoms with Gasteiger partial charge in [-0.3, -0.25) is 4.90 Å². The first kappa shape index (κ1) is 15.2. The molecule has 0 bridgehead atoms. The molecule has 0 aromatic carbocycles. The number of aromatic nitrogens is 2. The molecule has 2 rings (SSSR count). The molecular weight excluding hydrogens is 256 g/mol. The minimum absolute atomic E-state index is 0.164. The van der Waals surface area contributed by atoms with Crippen LogP contribution in [0.2, 0.25) is 0 Å². The lowest BCUT2D eigenvalue weighted by Gasteiger charge is -2.35. The highest BCUT2D eigenvalue weighted by Crippen LogP contribution is 2.10. The van der Waals surface area contributed by atoms with E-state index in [2.05, 4.69) is 19.8 Å². The van der Waals surface area contributed by atoms with E-state index in [9.17, 15) is 5.11 Å². The van der Waals surface area contributed by atoms with Gasteiger partial charge in [-0.15, -0.1) is 0 Å². The van der Waals surface area contributed by atoms with E-state index in [0.717, 1.165) is 32.1 Å². The summed E-state index contributed by atoms with van der Waals surface area (Å²) in [4.78, 5) is 13.0. The maximum absolute atomic E-state index is 9.93. The van der Waals surface area contributed by atoms with Gasteiger partial charge in [-0.25, -0.2) is 9.97 Å². The third-order valence-corrected chi connectivity index (χ3v) is 3.30. The molecule has 1 N–H and O–H groups in total. The van der Waals surface area contributed by atoms with Gasteiger partial charge in [0.1, 0.15) is 0 Å². The third kappa shape index (κ3) is 4.70. The van der Waals surface area contributed by atoms with Gasteiger partial charge < -0.3 is 14.7 Å². The highest BCUT2D eigenvalue weighted by Gasteiger charge is 2.20. The molecule has 112 valence electrons. The summed E-state index contributed by atoms with van der Waals surface area (Å²) in [5.74, 6) is 0.788. The van der Waals surface area contributed by atoms with Crippen LogP contribution in [0.25, 0.3) is 0 Å². The molecule has 2 heterocycles. The Bertz CT molecular complexity index is 380. The number of rotatable bonds is 6. The zero-order valence-corrected chi connectivity index (χ0v) is 12.3. The minimum atomic E-state index is -0.420. The third-order valence-electron chi connectivity index (χ3n) is 3.30. The summed E-state index contributed by atoms with van der Waals surface area (Å²) in [6, 6.07) is 1.82. The topological polar surface area (TPSA) is 61.7 Å². The molecule has 0 saturated carbocycles. The van der Waals surface area contributed by atoms with Crippen LogP contribution in [0.15, 0.2) is 18.5 Å². The predicted octanol–water partition coefficient (Wildman–Crippen LogP) is 0.384. The Hall–Kier alpha value is -1.24. The van der Waals surface area contributed by atoms with Crippen LogP contribution in [0.3, 0.4) is 0 Å². The molecule has 20 heavy (non-hydrogen) atoms. The van der Waals surface area contributed by atoms with Gasteiger partial charge in [-0.1, -0.05) is 0 Å². The fraction of sp³-hybridized carbons (Fsp3) is 0.714. The molecule has 6 heteroatoms. The fourth-order valence-electron chi connectivity index (χ4n) is 2.24. The average Bonchev–Trinajstić information content (AvgIpc) is 2.47. The molecule has 1 fully saturated rings. The molecule has 1 aliphatic rings. The second kappa shape index (κ2) is 7.52. The van der Waals surface area contributed by atoms with Crippen LogP contribution < -0.4 is 4.90 Å². The van der Waals surface area contributed by atoms with Crippen LogP contribution >= 0.6 is 0 Å². The quantitative estimate of drug-likeness (QED) is 0.813. The number of piperazine rings is 1. The van der Waals surface area contributed by atoms with Crippen molar-refractivity contribution in [3.8, 4) is 0 Å². The standard InChI is InChI=1S/C14H24N4O2/c1-12(2)20-11-13(19)10-17-6-8-18(9-7-17)14-15-4-3-5-16-14/h3-5,12-13,19H,6-11H2,1-2H3. The Morgan fingerprint density at radius 2 is 1.85 bits per heavy atom. The molecule has 1 aromatic rings. The summed E-state index contributed by atoms with van der Waals surface area (Å²) >= 11 is 0. The molecular formula is C14H24N4O2. The number of hydrogen-bond donors (Lipinski definition) is 1. The second-order valence-corrected chi connectivity index (χ2v) is 5.37. The fourth-order valence-corrected chi connectivity index (χ4v) is 2.24. The number of aliphatic hydroxyl groups excluding tert-OH is 1. The summed E-state index contributed by atoms with van der Waals surface area (Å²) in [5, 5.41) is 9.93. The van der Waals surface area contributed by atoms with E-state index < -0.39 is 6.10 Å². The van der Waals surface area contributed by atoms with E-state index in [1.807, 2.05) is 19.9 Å². The Kier molecular flexibility index (Phi) is 5.70. The number of ether oxygens (including phenoxy) is 1. The Labute approximate surface area is 120 Å². The summed E-state index contributed by atoms with van der Waals surface area (Å²) in [6.07, 6.45) is 3.28. The number of nitrogens with zero attached hydrogens (tertiary/aromatic N) is 4. The largest absolute Gasteiger partial charge is 0.389 e. The monoisotopic (exact) mass is 280 g/mol. The average molecular weight is 280 g/mol. The molecule has 0 aliphatic carbocycles. The number of β-amino-alcohol motifs (C(OH)–C–C–N with tert-alkyl or cyclic N) is 1. The van der Waals surface area contributed by atoms with E-state index >= 15 is 0 Å². The van der Waals surface area contributed by atoms with Gasteiger partial charge in [0.25, 0.3) is 0 Å². The molecule has 0 radical (unpaired) electrons. The summed E-state index contributed by atoms with van der Waals surface area (Å²) < 4.78 is 5.43. The normalized spacial score (nSPS) is 18.5. The zero-order chi connectivity index (χ0) is 14.4. The van der Waals surface area contributed by atoms with Crippen molar-refractivity contribution in [3.05, 3.63) is 18.5 Å². The molecule has 1 aromatic heterocycles. The molecule has 1 unspecified atom stereocenters. The van der Waals surface area contributed by atoms with E-state index in [4.69, 9.17) is 4.74 Å². The Morgan fingerprint density at radius 1 is 1.20 bits per heavy atom. The molecule has 1 aliphatic heterocycles. The van der Waals surface area contributed by atoms with Crippen molar-refractivity contribution in [2.45, 2.75) is 26.1 Å². The van der Waals surface area contributed by atoms with Crippen molar-refractivity contribution in [3.63, 3.8) is 0 Å². The van der Waals surface area contributed by atoms with Gasteiger partial charge in [0, 0.05) is 45.1 Å².